The summed E-state index contributed by atoms with van der Waals surface area (Å²) in [6.45, 7) is 2.79. The van der Waals surface area contributed by atoms with E-state index in [-0.39, 0.29) is 22.2 Å². The summed E-state index contributed by atoms with van der Waals surface area (Å²) < 4.78 is 6.53. The molecule has 1 aromatic heterocycles. The van der Waals surface area contributed by atoms with Gasteiger partial charge in [0.15, 0.2) is 6.61 Å². The number of halogens is 1. The van der Waals surface area contributed by atoms with Crippen LogP contribution in [-0.4, -0.2) is 40.9 Å². The van der Waals surface area contributed by atoms with Gasteiger partial charge in [-0.1, -0.05) is 37.6 Å². The highest BCUT2D eigenvalue weighted by Gasteiger charge is 2.27. The van der Waals surface area contributed by atoms with Gasteiger partial charge in [0.2, 0.25) is 0 Å². The average Bonchev–Trinajstić information content (AvgIpc) is 3.10. The Bertz CT molecular complexity index is 922. The molecule has 0 unspecified atom stereocenters. The standard InChI is InChI=1S/C20H22ClN3O5/c1-12(2)17(23-18(26)13-7-4-5-8-14(13)21)20(28)29-11-16(25)22-19(27)15-9-6-10-24(15)3/h4-10,12,17H,11H2,1-3H3,(H,23,26)(H,22,25,27)/t17-/m0/s1. The maximum absolute atomic E-state index is 12.4. The molecular weight excluding hydrogens is 398 g/mol. The highest BCUT2D eigenvalue weighted by Crippen LogP contribution is 2.15. The first-order valence-electron chi connectivity index (χ1n) is 8.88. The zero-order valence-corrected chi connectivity index (χ0v) is 17.0. The van der Waals surface area contributed by atoms with Crippen LogP contribution in [0.15, 0.2) is 42.6 Å². The molecule has 0 aliphatic carbocycles. The first kappa shape index (κ1) is 22.2. The largest absolute Gasteiger partial charge is 0.454 e. The summed E-state index contributed by atoms with van der Waals surface area (Å²) in [7, 11) is 1.66. The zero-order valence-electron chi connectivity index (χ0n) is 16.3. The van der Waals surface area contributed by atoms with Crippen molar-refractivity contribution in [3.8, 4) is 0 Å². The van der Waals surface area contributed by atoms with Gasteiger partial charge in [-0.2, -0.15) is 0 Å². The SMILES string of the molecule is CC(C)[C@H](NC(=O)c1ccccc1Cl)C(=O)OCC(=O)NC(=O)c1cccn1C. The number of hydrogen-bond donors (Lipinski definition) is 2. The number of imide groups is 1. The molecule has 3 amide bonds. The average molecular weight is 420 g/mol. The molecular formula is C20H22ClN3O5. The normalized spacial score (nSPS) is 11.6. The van der Waals surface area contributed by atoms with Gasteiger partial charge in [0.1, 0.15) is 11.7 Å². The van der Waals surface area contributed by atoms with Crippen LogP contribution >= 0.6 is 11.6 Å². The molecule has 29 heavy (non-hydrogen) atoms. The Morgan fingerprint density at radius 1 is 1.07 bits per heavy atom. The molecule has 0 fully saturated rings. The molecule has 1 aromatic carbocycles. The molecule has 0 aliphatic rings. The second kappa shape index (κ2) is 9.88. The number of esters is 1. The van der Waals surface area contributed by atoms with E-state index in [1.807, 2.05) is 0 Å². The van der Waals surface area contributed by atoms with E-state index in [1.54, 1.807) is 62.0 Å². The Balaban J connectivity index is 1.93. The summed E-state index contributed by atoms with van der Waals surface area (Å²) in [4.78, 5) is 48.7. The number of carbonyl (C=O) groups excluding carboxylic acids is 4. The van der Waals surface area contributed by atoms with Crippen LogP contribution in [0.3, 0.4) is 0 Å². The number of hydrogen-bond acceptors (Lipinski definition) is 5. The maximum Gasteiger partial charge on any atom is 0.329 e. The van der Waals surface area contributed by atoms with Crippen molar-refractivity contribution in [1.29, 1.82) is 0 Å². The van der Waals surface area contributed by atoms with Gasteiger partial charge in [-0.3, -0.25) is 19.7 Å². The number of amides is 3. The minimum atomic E-state index is -0.991. The quantitative estimate of drug-likeness (QED) is 0.667. The van der Waals surface area contributed by atoms with Gasteiger partial charge in [-0.25, -0.2) is 4.79 Å². The highest BCUT2D eigenvalue weighted by molar-refractivity contribution is 6.33. The second-order valence-corrected chi connectivity index (χ2v) is 7.07. The summed E-state index contributed by atoms with van der Waals surface area (Å²) >= 11 is 6.00. The summed E-state index contributed by atoms with van der Waals surface area (Å²) in [5.74, 6) is -3.01. The minimum Gasteiger partial charge on any atom is -0.454 e. The molecule has 2 aromatic rings. The smallest absolute Gasteiger partial charge is 0.329 e. The van der Waals surface area contributed by atoms with Gasteiger partial charge in [-0.05, 0) is 30.2 Å². The van der Waals surface area contributed by atoms with Gasteiger partial charge < -0.3 is 14.6 Å². The molecule has 2 rings (SSSR count). The van der Waals surface area contributed by atoms with E-state index in [4.69, 9.17) is 16.3 Å². The Labute approximate surface area is 173 Å². The number of aryl methyl sites for hydroxylation is 1. The van der Waals surface area contributed by atoms with Crippen molar-refractivity contribution < 1.29 is 23.9 Å². The lowest BCUT2D eigenvalue weighted by atomic mass is 10.0. The fraction of sp³-hybridized carbons (Fsp3) is 0.300. The number of nitrogens with zero attached hydrogens (tertiary/aromatic N) is 1. The Morgan fingerprint density at radius 2 is 1.76 bits per heavy atom. The summed E-state index contributed by atoms with van der Waals surface area (Å²) in [6.07, 6.45) is 1.66. The molecule has 154 valence electrons. The van der Waals surface area contributed by atoms with E-state index >= 15 is 0 Å². The van der Waals surface area contributed by atoms with Crippen LogP contribution in [0.5, 0.6) is 0 Å². The Kier molecular flexibility index (Phi) is 7.55. The van der Waals surface area contributed by atoms with Gasteiger partial charge in [-0.15, -0.1) is 0 Å². The van der Waals surface area contributed by atoms with E-state index < -0.39 is 36.3 Å². The van der Waals surface area contributed by atoms with Crippen molar-refractivity contribution in [3.63, 3.8) is 0 Å². The lowest BCUT2D eigenvalue weighted by Gasteiger charge is -2.21. The topological polar surface area (TPSA) is 106 Å². The van der Waals surface area contributed by atoms with Gasteiger partial charge in [0.05, 0.1) is 10.6 Å². The molecule has 0 saturated heterocycles. The van der Waals surface area contributed by atoms with Crippen LogP contribution in [0.2, 0.25) is 5.02 Å². The summed E-state index contributed by atoms with van der Waals surface area (Å²) in [5, 5.41) is 4.96. The van der Waals surface area contributed by atoms with Crippen LogP contribution in [0, 0.1) is 5.92 Å². The highest BCUT2D eigenvalue weighted by atomic mass is 35.5. The first-order chi connectivity index (χ1) is 13.7. The number of benzene rings is 1. The van der Waals surface area contributed by atoms with E-state index in [0.29, 0.717) is 0 Å². The molecule has 8 nitrogen and oxygen atoms in total. The second-order valence-electron chi connectivity index (χ2n) is 6.66. The van der Waals surface area contributed by atoms with E-state index in [9.17, 15) is 19.2 Å². The maximum atomic E-state index is 12.4. The van der Waals surface area contributed by atoms with E-state index in [2.05, 4.69) is 10.6 Å². The number of carbonyl (C=O) groups is 4. The van der Waals surface area contributed by atoms with Crippen LogP contribution in [0.1, 0.15) is 34.7 Å². The molecule has 9 heteroatoms. The van der Waals surface area contributed by atoms with Gasteiger partial charge in [0, 0.05) is 13.2 Å². The van der Waals surface area contributed by atoms with Crippen molar-refractivity contribution >= 4 is 35.3 Å². The molecule has 1 atom stereocenters. The van der Waals surface area contributed by atoms with Crippen LogP contribution in [0.4, 0.5) is 0 Å². The molecule has 0 radical (unpaired) electrons. The molecule has 0 saturated carbocycles. The third kappa shape index (κ3) is 5.92. The number of nitrogens with one attached hydrogen (secondary N) is 2. The molecule has 0 bridgehead atoms. The Morgan fingerprint density at radius 3 is 2.34 bits per heavy atom. The number of rotatable bonds is 7. The lowest BCUT2D eigenvalue weighted by molar-refractivity contribution is -0.151. The van der Waals surface area contributed by atoms with Crippen LogP contribution < -0.4 is 10.6 Å². The van der Waals surface area contributed by atoms with E-state index in [0.717, 1.165) is 0 Å². The molecule has 2 N–H and O–H groups in total. The fourth-order valence-electron chi connectivity index (χ4n) is 2.51. The van der Waals surface area contributed by atoms with Crippen molar-refractivity contribution in [2.24, 2.45) is 13.0 Å². The Hall–Kier alpha value is -3.13. The third-order valence-electron chi connectivity index (χ3n) is 4.10. The van der Waals surface area contributed by atoms with E-state index in [1.165, 1.54) is 6.07 Å². The number of ether oxygens (including phenoxy) is 1. The van der Waals surface area contributed by atoms with Crippen molar-refractivity contribution in [3.05, 3.63) is 58.9 Å². The summed E-state index contributed by atoms with van der Waals surface area (Å²) in [6, 6.07) is 8.65. The predicted molar refractivity (Wildman–Crippen MR) is 106 cm³/mol. The van der Waals surface area contributed by atoms with Crippen LogP contribution in [0.25, 0.3) is 0 Å². The van der Waals surface area contributed by atoms with Crippen LogP contribution in [-0.2, 0) is 21.4 Å². The number of aromatic nitrogens is 1. The van der Waals surface area contributed by atoms with Gasteiger partial charge in [0.25, 0.3) is 17.7 Å². The van der Waals surface area contributed by atoms with Crippen molar-refractivity contribution in [1.82, 2.24) is 15.2 Å². The van der Waals surface area contributed by atoms with Crippen molar-refractivity contribution in [2.45, 2.75) is 19.9 Å². The predicted octanol–water partition coefficient (Wildman–Crippen LogP) is 1.93. The first-order valence-corrected chi connectivity index (χ1v) is 9.26. The minimum absolute atomic E-state index is 0.221. The fourth-order valence-corrected chi connectivity index (χ4v) is 2.73. The van der Waals surface area contributed by atoms with Crippen molar-refractivity contribution in [2.75, 3.05) is 6.61 Å². The summed E-state index contributed by atoms with van der Waals surface area (Å²) in [5.41, 5.74) is 0.510. The third-order valence-corrected chi connectivity index (χ3v) is 4.43. The molecule has 0 spiro atoms. The lowest BCUT2D eigenvalue weighted by Crippen LogP contribution is -2.46. The monoisotopic (exact) mass is 419 g/mol. The van der Waals surface area contributed by atoms with Gasteiger partial charge >= 0.3 is 5.97 Å². The molecule has 0 aliphatic heterocycles. The zero-order chi connectivity index (χ0) is 21.6. The molecule has 1 heterocycles.